The number of ether oxygens (including phenoxy) is 2. The van der Waals surface area contributed by atoms with Crippen LogP contribution in [0.3, 0.4) is 0 Å². The van der Waals surface area contributed by atoms with Crippen LogP contribution >= 0.6 is 0 Å². The smallest absolute Gasteiger partial charge is 0.0469 e. The summed E-state index contributed by atoms with van der Waals surface area (Å²) >= 11 is 0. The molecule has 0 bridgehead atoms. The highest BCUT2D eigenvalue weighted by Gasteiger charge is 2.14. The number of hydrogen-bond acceptors (Lipinski definition) is 3. The number of rotatable bonds is 8. The van der Waals surface area contributed by atoms with Crippen molar-refractivity contribution in [1.29, 1.82) is 0 Å². The Hall–Kier alpha value is -0.120. The maximum atomic E-state index is 5.73. The van der Waals surface area contributed by atoms with Gasteiger partial charge in [0.2, 0.25) is 0 Å². The van der Waals surface area contributed by atoms with Crippen molar-refractivity contribution in [2.45, 2.75) is 44.9 Å². The SMILES string of the molecule is C(CCC1CCOCC1)COCCC1CCNC1. The van der Waals surface area contributed by atoms with E-state index in [1.165, 1.54) is 58.0 Å². The first kappa shape index (κ1) is 14.3. The highest BCUT2D eigenvalue weighted by molar-refractivity contribution is 4.70. The van der Waals surface area contributed by atoms with E-state index in [-0.39, 0.29) is 0 Å². The first-order valence-corrected chi connectivity index (χ1v) is 7.81. The second-order valence-electron chi connectivity index (χ2n) is 5.81. The minimum Gasteiger partial charge on any atom is -0.381 e. The Kier molecular flexibility index (Phi) is 7.06. The van der Waals surface area contributed by atoms with Crippen molar-refractivity contribution >= 4 is 0 Å². The highest BCUT2D eigenvalue weighted by Crippen LogP contribution is 2.20. The largest absolute Gasteiger partial charge is 0.381 e. The topological polar surface area (TPSA) is 30.5 Å². The van der Waals surface area contributed by atoms with Gasteiger partial charge in [0.05, 0.1) is 0 Å². The monoisotopic (exact) mass is 255 g/mol. The fourth-order valence-electron chi connectivity index (χ4n) is 2.99. The van der Waals surface area contributed by atoms with Crippen LogP contribution in [-0.2, 0) is 9.47 Å². The number of hydrogen-bond donors (Lipinski definition) is 1. The van der Waals surface area contributed by atoms with Crippen LogP contribution in [0.15, 0.2) is 0 Å². The zero-order valence-corrected chi connectivity index (χ0v) is 11.7. The Morgan fingerprint density at radius 1 is 0.944 bits per heavy atom. The van der Waals surface area contributed by atoms with Gasteiger partial charge < -0.3 is 14.8 Å². The molecule has 0 aliphatic carbocycles. The Labute approximate surface area is 112 Å². The molecule has 0 spiro atoms. The molecule has 0 aromatic rings. The molecule has 2 aliphatic rings. The predicted octanol–water partition coefficient (Wildman–Crippen LogP) is 2.60. The molecule has 106 valence electrons. The summed E-state index contributed by atoms with van der Waals surface area (Å²) in [6.45, 7) is 6.29. The lowest BCUT2D eigenvalue weighted by Crippen LogP contribution is -2.15. The van der Waals surface area contributed by atoms with Crippen molar-refractivity contribution in [1.82, 2.24) is 5.32 Å². The third kappa shape index (κ3) is 5.68. The van der Waals surface area contributed by atoms with E-state index in [0.29, 0.717) is 0 Å². The molecule has 3 heteroatoms. The molecule has 2 heterocycles. The molecule has 2 aliphatic heterocycles. The van der Waals surface area contributed by atoms with Crippen LogP contribution < -0.4 is 5.32 Å². The molecular formula is C15H29NO2. The van der Waals surface area contributed by atoms with Crippen LogP contribution in [0, 0.1) is 11.8 Å². The summed E-state index contributed by atoms with van der Waals surface area (Å²) in [6.07, 6.45) is 9.07. The van der Waals surface area contributed by atoms with Gasteiger partial charge in [-0.1, -0.05) is 12.8 Å². The molecule has 0 aromatic heterocycles. The first-order valence-electron chi connectivity index (χ1n) is 7.81. The molecule has 1 unspecified atom stereocenters. The van der Waals surface area contributed by atoms with E-state index in [1.807, 2.05) is 0 Å². The van der Waals surface area contributed by atoms with Gasteiger partial charge in [0.25, 0.3) is 0 Å². The van der Waals surface area contributed by atoms with Gasteiger partial charge in [-0.05, 0) is 57.0 Å². The van der Waals surface area contributed by atoms with Crippen LogP contribution in [0.4, 0.5) is 0 Å². The number of unbranched alkanes of at least 4 members (excludes halogenated alkanes) is 1. The maximum absolute atomic E-state index is 5.73. The lowest BCUT2D eigenvalue weighted by Gasteiger charge is -2.21. The predicted molar refractivity (Wildman–Crippen MR) is 73.8 cm³/mol. The third-order valence-corrected chi connectivity index (χ3v) is 4.32. The summed E-state index contributed by atoms with van der Waals surface area (Å²) in [5, 5.41) is 3.40. The van der Waals surface area contributed by atoms with Gasteiger partial charge in [-0.15, -0.1) is 0 Å². The van der Waals surface area contributed by atoms with Gasteiger partial charge in [-0.25, -0.2) is 0 Å². The van der Waals surface area contributed by atoms with Crippen molar-refractivity contribution in [2.24, 2.45) is 11.8 Å². The normalized spacial score (nSPS) is 25.7. The molecular weight excluding hydrogens is 226 g/mol. The van der Waals surface area contributed by atoms with Crippen molar-refractivity contribution in [3.05, 3.63) is 0 Å². The molecule has 1 N–H and O–H groups in total. The summed E-state index contributed by atoms with van der Waals surface area (Å²) in [4.78, 5) is 0. The van der Waals surface area contributed by atoms with Gasteiger partial charge in [0, 0.05) is 26.4 Å². The molecule has 1 atom stereocenters. The Morgan fingerprint density at radius 3 is 2.61 bits per heavy atom. The molecule has 2 fully saturated rings. The Balaban J connectivity index is 1.35. The van der Waals surface area contributed by atoms with Gasteiger partial charge in [0.1, 0.15) is 0 Å². The Bertz CT molecular complexity index is 199. The van der Waals surface area contributed by atoms with Gasteiger partial charge in [0.15, 0.2) is 0 Å². The summed E-state index contributed by atoms with van der Waals surface area (Å²) in [5.74, 6) is 1.79. The Morgan fingerprint density at radius 2 is 1.83 bits per heavy atom. The lowest BCUT2D eigenvalue weighted by atomic mass is 9.94. The van der Waals surface area contributed by atoms with Gasteiger partial charge in [-0.3, -0.25) is 0 Å². The molecule has 0 radical (unpaired) electrons. The van der Waals surface area contributed by atoms with E-state index in [0.717, 1.165) is 38.3 Å². The summed E-state index contributed by atoms with van der Waals surface area (Å²) in [5.41, 5.74) is 0. The van der Waals surface area contributed by atoms with Crippen LogP contribution in [0.25, 0.3) is 0 Å². The average molecular weight is 255 g/mol. The average Bonchev–Trinajstić information content (AvgIpc) is 2.92. The summed E-state index contributed by atoms with van der Waals surface area (Å²) in [6, 6.07) is 0. The van der Waals surface area contributed by atoms with Crippen molar-refractivity contribution in [3.63, 3.8) is 0 Å². The van der Waals surface area contributed by atoms with Gasteiger partial charge in [-0.2, -0.15) is 0 Å². The fourth-order valence-corrected chi connectivity index (χ4v) is 2.99. The van der Waals surface area contributed by atoms with E-state index in [1.54, 1.807) is 0 Å². The second kappa shape index (κ2) is 8.89. The fraction of sp³-hybridized carbons (Fsp3) is 1.00. The van der Waals surface area contributed by atoms with E-state index < -0.39 is 0 Å². The first-order chi connectivity index (χ1) is 8.95. The molecule has 2 saturated heterocycles. The van der Waals surface area contributed by atoms with Crippen molar-refractivity contribution in [2.75, 3.05) is 39.5 Å². The van der Waals surface area contributed by atoms with Crippen LogP contribution in [0.1, 0.15) is 44.9 Å². The molecule has 18 heavy (non-hydrogen) atoms. The minimum atomic E-state index is 0.868. The van der Waals surface area contributed by atoms with E-state index in [9.17, 15) is 0 Å². The van der Waals surface area contributed by atoms with Gasteiger partial charge >= 0.3 is 0 Å². The van der Waals surface area contributed by atoms with Crippen LogP contribution in [0.5, 0.6) is 0 Å². The molecule has 2 rings (SSSR count). The third-order valence-electron chi connectivity index (χ3n) is 4.32. The van der Waals surface area contributed by atoms with Crippen molar-refractivity contribution < 1.29 is 9.47 Å². The summed E-state index contributed by atoms with van der Waals surface area (Å²) in [7, 11) is 0. The lowest BCUT2D eigenvalue weighted by molar-refractivity contribution is 0.0614. The zero-order chi connectivity index (χ0) is 12.5. The molecule has 0 saturated carbocycles. The molecule has 0 aromatic carbocycles. The maximum Gasteiger partial charge on any atom is 0.0469 e. The van der Waals surface area contributed by atoms with Crippen molar-refractivity contribution in [3.8, 4) is 0 Å². The van der Waals surface area contributed by atoms with E-state index >= 15 is 0 Å². The highest BCUT2D eigenvalue weighted by atomic mass is 16.5. The quantitative estimate of drug-likeness (QED) is 0.676. The summed E-state index contributed by atoms with van der Waals surface area (Å²) < 4.78 is 11.1. The number of nitrogens with one attached hydrogen (secondary N) is 1. The minimum absolute atomic E-state index is 0.868. The zero-order valence-electron chi connectivity index (χ0n) is 11.7. The van der Waals surface area contributed by atoms with E-state index in [4.69, 9.17) is 9.47 Å². The van der Waals surface area contributed by atoms with Crippen LogP contribution in [0.2, 0.25) is 0 Å². The molecule has 0 amide bonds. The van der Waals surface area contributed by atoms with E-state index in [2.05, 4.69) is 5.32 Å². The van der Waals surface area contributed by atoms with Crippen LogP contribution in [-0.4, -0.2) is 39.5 Å². The molecule has 3 nitrogen and oxygen atoms in total. The standard InChI is InChI=1S/C15H29NO2/c1(3-14-5-10-18-11-6-14)2-9-17-12-7-15-4-8-16-13-15/h14-16H,1-13H2. The second-order valence-corrected chi connectivity index (χ2v) is 5.81.